The summed E-state index contributed by atoms with van der Waals surface area (Å²) in [6.07, 6.45) is 5.54. The molecule has 0 bridgehead atoms. The zero-order chi connectivity index (χ0) is 16.1. The molecule has 1 N–H and O–H groups in total. The van der Waals surface area contributed by atoms with E-state index in [0.29, 0.717) is 18.0 Å². The van der Waals surface area contributed by atoms with Crippen molar-refractivity contribution in [2.24, 2.45) is 0 Å². The fourth-order valence-electron chi connectivity index (χ4n) is 1.93. The molecule has 0 fully saturated rings. The normalized spacial score (nSPS) is 11.7. The van der Waals surface area contributed by atoms with Crippen LogP contribution in [0.2, 0.25) is 0 Å². The lowest BCUT2D eigenvalue weighted by Crippen LogP contribution is -2.17. The first-order chi connectivity index (χ1) is 11.1. The number of aromatic nitrogens is 4. The Labute approximate surface area is 138 Å². The second-order valence-corrected chi connectivity index (χ2v) is 7.70. The molecule has 23 heavy (non-hydrogen) atoms. The van der Waals surface area contributed by atoms with E-state index < -0.39 is 10.0 Å². The third kappa shape index (κ3) is 4.42. The molecule has 0 aliphatic rings. The van der Waals surface area contributed by atoms with Crippen LogP contribution in [0.5, 0.6) is 0 Å². The van der Waals surface area contributed by atoms with E-state index >= 15 is 0 Å². The van der Waals surface area contributed by atoms with Crippen LogP contribution in [0.25, 0.3) is 5.65 Å². The van der Waals surface area contributed by atoms with E-state index in [0.717, 1.165) is 10.7 Å². The lowest BCUT2D eigenvalue weighted by molar-refractivity contribution is 0.600. The Morgan fingerprint density at radius 3 is 2.87 bits per heavy atom. The molecule has 0 aromatic carbocycles. The van der Waals surface area contributed by atoms with E-state index in [1.165, 1.54) is 11.8 Å². The van der Waals surface area contributed by atoms with E-state index in [1.807, 2.05) is 12.1 Å². The molecule has 3 aromatic rings. The molecule has 0 saturated heterocycles. The summed E-state index contributed by atoms with van der Waals surface area (Å²) in [4.78, 5) is 8.08. The summed E-state index contributed by atoms with van der Waals surface area (Å²) in [5.41, 5.74) is 0.788. The fraction of sp³-hybridized carbons (Fsp3) is 0.214. The van der Waals surface area contributed by atoms with Gasteiger partial charge >= 0.3 is 0 Å². The van der Waals surface area contributed by atoms with Gasteiger partial charge < -0.3 is 0 Å². The van der Waals surface area contributed by atoms with Gasteiger partial charge in [0.15, 0.2) is 5.65 Å². The molecule has 120 valence electrons. The molecule has 3 rings (SSSR count). The molecule has 0 atom stereocenters. The first kappa shape index (κ1) is 15.8. The number of nitrogens with zero attached hydrogens (tertiary/aromatic N) is 4. The Bertz CT molecular complexity index is 880. The van der Waals surface area contributed by atoms with Gasteiger partial charge in [-0.1, -0.05) is 6.07 Å². The Hall–Kier alpha value is -2.13. The Morgan fingerprint density at radius 1 is 1.13 bits per heavy atom. The second kappa shape index (κ2) is 6.97. The zero-order valence-electron chi connectivity index (χ0n) is 12.2. The predicted molar refractivity (Wildman–Crippen MR) is 90.0 cm³/mol. The number of thioether (sulfide) groups is 1. The predicted octanol–water partition coefficient (Wildman–Crippen LogP) is 2.05. The average Bonchev–Trinajstić information content (AvgIpc) is 3.00. The molecule has 7 nitrogen and oxygen atoms in total. The maximum absolute atomic E-state index is 12.0. The van der Waals surface area contributed by atoms with E-state index in [9.17, 15) is 8.42 Å². The number of fused-ring (bicyclic) bond motifs is 1. The van der Waals surface area contributed by atoms with Crippen molar-refractivity contribution < 1.29 is 8.42 Å². The number of nitrogens with one attached hydrogen (secondary N) is 1. The maximum atomic E-state index is 12.0. The highest BCUT2D eigenvalue weighted by Crippen LogP contribution is 2.17. The highest BCUT2D eigenvalue weighted by molar-refractivity contribution is 7.99. The van der Waals surface area contributed by atoms with Crippen LogP contribution in [0.4, 0.5) is 5.82 Å². The smallest absolute Gasteiger partial charge is 0.233 e. The largest absolute Gasteiger partial charge is 0.267 e. The summed E-state index contributed by atoms with van der Waals surface area (Å²) in [5, 5.41) is 5.22. The van der Waals surface area contributed by atoms with Crippen molar-refractivity contribution in [2.45, 2.75) is 11.4 Å². The number of hydrogen-bond acceptors (Lipinski definition) is 6. The van der Waals surface area contributed by atoms with Crippen molar-refractivity contribution >= 4 is 33.3 Å². The minimum absolute atomic E-state index is 0.0455. The van der Waals surface area contributed by atoms with Gasteiger partial charge in [-0.15, -0.1) is 11.8 Å². The van der Waals surface area contributed by atoms with Gasteiger partial charge in [-0.2, -0.15) is 5.10 Å². The summed E-state index contributed by atoms with van der Waals surface area (Å²) in [5.74, 6) is 1.05. The Morgan fingerprint density at radius 2 is 2.04 bits per heavy atom. The van der Waals surface area contributed by atoms with Gasteiger partial charge in [-0.05, 0) is 30.7 Å². The van der Waals surface area contributed by atoms with Gasteiger partial charge in [0, 0.05) is 24.3 Å². The third-order valence-electron chi connectivity index (χ3n) is 2.96. The van der Waals surface area contributed by atoms with Crippen LogP contribution < -0.4 is 4.72 Å². The van der Waals surface area contributed by atoms with E-state index in [-0.39, 0.29) is 5.75 Å². The van der Waals surface area contributed by atoms with Crippen LogP contribution in [0.3, 0.4) is 0 Å². The van der Waals surface area contributed by atoms with Crippen molar-refractivity contribution in [1.29, 1.82) is 0 Å². The SMILES string of the molecule is O=S(=O)(CCCSc1ccc2nccn2n1)Nc1ccccn1. The van der Waals surface area contributed by atoms with Crippen LogP contribution in [0, 0.1) is 0 Å². The van der Waals surface area contributed by atoms with Crippen LogP contribution in [-0.4, -0.2) is 39.5 Å². The standard InChI is InChI=1S/C14H15N5O2S2/c20-23(21,18-12-4-1-2-7-15-12)11-3-10-22-14-6-5-13-16-8-9-19(13)17-14/h1-2,4-9H,3,10-11H2,(H,15,18). The highest BCUT2D eigenvalue weighted by atomic mass is 32.2. The van der Waals surface area contributed by atoms with Crippen molar-refractivity contribution in [2.75, 3.05) is 16.2 Å². The summed E-state index contributed by atoms with van der Waals surface area (Å²) in [7, 11) is -3.38. The molecule has 0 spiro atoms. The lowest BCUT2D eigenvalue weighted by Gasteiger charge is -2.06. The quantitative estimate of drug-likeness (QED) is 0.519. The molecule has 3 aromatic heterocycles. The number of anilines is 1. The van der Waals surface area contributed by atoms with Crippen molar-refractivity contribution in [1.82, 2.24) is 19.6 Å². The van der Waals surface area contributed by atoms with Gasteiger partial charge in [0.2, 0.25) is 10.0 Å². The van der Waals surface area contributed by atoms with Crippen LogP contribution in [0.15, 0.2) is 53.9 Å². The minimum atomic E-state index is -3.38. The van der Waals surface area contributed by atoms with Crippen LogP contribution in [0.1, 0.15) is 6.42 Å². The van der Waals surface area contributed by atoms with E-state index in [1.54, 1.807) is 41.3 Å². The molecular weight excluding hydrogens is 334 g/mol. The monoisotopic (exact) mass is 349 g/mol. The number of sulfonamides is 1. The average molecular weight is 349 g/mol. The van der Waals surface area contributed by atoms with Gasteiger partial charge in [0.05, 0.1) is 5.75 Å². The molecule has 0 radical (unpaired) electrons. The molecule has 0 saturated carbocycles. The van der Waals surface area contributed by atoms with Crippen molar-refractivity contribution in [3.8, 4) is 0 Å². The summed E-state index contributed by atoms with van der Waals surface area (Å²) >= 11 is 1.52. The lowest BCUT2D eigenvalue weighted by atomic mass is 10.5. The number of imidazole rings is 1. The molecule has 0 aliphatic heterocycles. The molecule has 0 amide bonds. The topological polar surface area (TPSA) is 89.2 Å². The first-order valence-electron chi connectivity index (χ1n) is 6.97. The Balaban J connectivity index is 1.48. The van der Waals surface area contributed by atoms with E-state index in [2.05, 4.69) is 19.8 Å². The van der Waals surface area contributed by atoms with Crippen molar-refractivity contribution in [3.63, 3.8) is 0 Å². The Kier molecular flexibility index (Phi) is 4.77. The second-order valence-electron chi connectivity index (χ2n) is 4.74. The highest BCUT2D eigenvalue weighted by Gasteiger charge is 2.11. The molecular formula is C14H15N5O2S2. The summed E-state index contributed by atoms with van der Waals surface area (Å²) in [6.45, 7) is 0. The van der Waals surface area contributed by atoms with Crippen LogP contribution in [-0.2, 0) is 10.0 Å². The number of hydrogen-bond donors (Lipinski definition) is 1. The molecule has 0 unspecified atom stereocenters. The number of rotatable bonds is 7. The zero-order valence-corrected chi connectivity index (χ0v) is 13.8. The van der Waals surface area contributed by atoms with Gasteiger partial charge in [0.25, 0.3) is 0 Å². The van der Waals surface area contributed by atoms with Gasteiger partial charge in [-0.25, -0.2) is 22.9 Å². The summed E-state index contributed by atoms with van der Waals surface area (Å²) < 4.78 is 28.1. The maximum Gasteiger partial charge on any atom is 0.233 e. The number of pyridine rings is 1. The molecule has 3 heterocycles. The van der Waals surface area contributed by atoms with Gasteiger partial charge in [-0.3, -0.25) is 4.72 Å². The third-order valence-corrected chi connectivity index (χ3v) is 5.32. The van der Waals surface area contributed by atoms with Crippen LogP contribution >= 0.6 is 11.8 Å². The van der Waals surface area contributed by atoms with E-state index in [4.69, 9.17) is 0 Å². The first-order valence-corrected chi connectivity index (χ1v) is 9.61. The molecule has 9 heteroatoms. The minimum Gasteiger partial charge on any atom is -0.267 e. The van der Waals surface area contributed by atoms with Gasteiger partial charge in [0.1, 0.15) is 10.8 Å². The fourth-order valence-corrected chi connectivity index (χ4v) is 3.99. The molecule has 0 aliphatic carbocycles. The summed E-state index contributed by atoms with van der Waals surface area (Å²) in [6, 6.07) is 8.86. The van der Waals surface area contributed by atoms with Crippen molar-refractivity contribution in [3.05, 3.63) is 48.9 Å².